The number of anilines is 1. The SMILES string of the molecule is CC(N)C(C)C(=O)Nc1cnn(-c2ccccc2F)c1.Cl. The van der Waals surface area contributed by atoms with E-state index in [9.17, 15) is 9.18 Å². The highest BCUT2D eigenvalue weighted by molar-refractivity contribution is 5.92. The van der Waals surface area contributed by atoms with Gasteiger partial charge < -0.3 is 11.1 Å². The minimum atomic E-state index is -0.377. The monoisotopic (exact) mass is 312 g/mol. The van der Waals surface area contributed by atoms with E-state index in [0.29, 0.717) is 11.4 Å². The summed E-state index contributed by atoms with van der Waals surface area (Å²) in [6.45, 7) is 3.52. The number of nitrogens with two attached hydrogens (primary N) is 1. The number of carbonyl (C=O) groups is 1. The summed E-state index contributed by atoms with van der Waals surface area (Å²) < 4.78 is 15.0. The van der Waals surface area contributed by atoms with Gasteiger partial charge in [0.1, 0.15) is 11.5 Å². The number of halogens is 2. The van der Waals surface area contributed by atoms with Gasteiger partial charge in [-0.3, -0.25) is 4.79 Å². The van der Waals surface area contributed by atoms with Gasteiger partial charge in [-0.05, 0) is 19.1 Å². The van der Waals surface area contributed by atoms with Crippen molar-refractivity contribution in [1.29, 1.82) is 0 Å². The summed E-state index contributed by atoms with van der Waals surface area (Å²) in [5.74, 6) is -0.877. The van der Waals surface area contributed by atoms with Crippen LogP contribution in [0.2, 0.25) is 0 Å². The number of nitrogens with zero attached hydrogens (tertiary/aromatic N) is 2. The standard InChI is InChI=1S/C14H17FN4O.ClH/c1-9(10(2)16)14(20)18-11-7-17-19(8-11)13-6-4-3-5-12(13)15;/h3-10H,16H2,1-2H3,(H,18,20);1H. The Morgan fingerprint density at radius 2 is 2.05 bits per heavy atom. The minimum absolute atomic E-state index is 0. The normalized spacial score (nSPS) is 13.1. The van der Waals surface area contributed by atoms with Gasteiger partial charge in [-0.15, -0.1) is 12.4 Å². The summed E-state index contributed by atoms with van der Waals surface area (Å²) in [5.41, 5.74) is 6.51. The molecule has 7 heteroatoms. The molecule has 2 atom stereocenters. The molecule has 1 amide bonds. The third-order valence-corrected chi connectivity index (χ3v) is 3.15. The van der Waals surface area contributed by atoms with Crippen LogP contribution in [-0.4, -0.2) is 21.7 Å². The maximum absolute atomic E-state index is 13.6. The van der Waals surface area contributed by atoms with E-state index in [2.05, 4.69) is 10.4 Å². The van der Waals surface area contributed by atoms with Crippen molar-refractivity contribution < 1.29 is 9.18 Å². The van der Waals surface area contributed by atoms with Gasteiger partial charge in [0.2, 0.25) is 5.91 Å². The first kappa shape index (κ1) is 17.1. The fourth-order valence-electron chi connectivity index (χ4n) is 1.65. The van der Waals surface area contributed by atoms with Gasteiger partial charge in [-0.2, -0.15) is 5.10 Å². The van der Waals surface area contributed by atoms with Crippen molar-refractivity contribution in [2.24, 2.45) is 11.7 Å². The Morgan fingerprint density at radius 1 is 1.38 bits per heavy atom. The lowest BCUT2D eigenvalue weighted by atomic mass is 10.0. The van der Waals surface area contributed by atoms with Gasteiger partial charge in [0.15, 0.2) is 0 Å². The molecule has 0 fully saturated rings. The molecule has 0 radical (unpaired) electrons. The van der Waals surface area contributed by atoms with Gasteiger partial charge >= 0.3 is 0 Å². The molecule has 1 heterocycles. The van der Waals surface area contributed by atoms with E-state index in [1.54, 1.807) is 38.2 Å². The summed E-state index contributed by atoms with van der Waals surface area (Å²) >= 11 is 0. The predicted molar refractivity (Wildman–Crippen MR) is 82.2 cm³/mol. The maximum Gasteiger partial charge on any atom is 0.228 e. The number of benzene rings is 1. The molecular weight excluding hydrogens is 295 g/mol. The number of rotatable bonds is 4. The third-order valence-electron chi connectivity index (χ3n) is 3.15. The fraction of sp³-hybridized carbons (Fsp3) is 0.286. The number of para-hydroxylation sites is 1. The average Bonchev–Trinajstić information content (AvgIpc) is 2.86. The second-order valence-electron chi connectivity index (χ2n) is 4.76. The lowest BCUT2D eigenvalue weighted by molar-refractivity contribution is -0.119. The molecule has 3 N–H and O–H groups in total. The molecule has 0 saturated heterocycles. The average molecular weight is 313 g/mol. The van der Waals surface area contributed by atoms with E-state index in [4.69, 9.17) is 5.73 Å². The molecular formula is C14H18ClFN4O. The van der Waals surface area contributed by atoms with E-state index < -0.39 is 0 Å². The van der Waals surface area contributed by atoms with Crippen molar-refractivity contribution in [3.05, 3.63) is 42.5 Å². The molecule has 0 aliphatic carbocycles. The first-order chi connectivity index (χ1) is 9.49. The Kier molecular flexibility index (Phi) is 5.87. The molecule has 0 aliphatic rings. The number of hydrogen-bond donors (Lipinski definition) is 2. The number of carbonyl (C=O) groups excluding carboxylic acids is 1. The minimum Gasteiger partial charge on any atom is -0.327 e. The summed E-state index contributed by atoms with van der Waals surface area (Å²) in [4.78, 5) is 11.9. The van der Waals surface area contributed by atoms with Gasteiger partial charge in [0.25, 0.3) is 0 Å². The largest absolute Gasteiger partial charge is 0.327 e. The molecule has 0 saturated carbocycles. The highest BCUT2D eigenvalue weighted by Gasteiger charge is 2.17. The van der Waals surface area contributed by atoms with E-state index in [0.717, 1.165) is 0 Å². The fourth-order valence-corrected chi connectivity index (χ4v) is 1.65. The van der Waals surface area contributed by atoms with Crippen LogP contribution < -0.4 is 11.1 Å². The summed E-state index contributed by atoms with van der Waals surface area (Å²) in [6, 6.07) is 6.05. The lowest BCUT2D eigenvalue weighted by Gasteiger charge is -2.14. The number of nitrogens with one attached hydrogen (secondary N) is 1. The maximum atomic E-state index is 13.6. The Bertz CT molecular complexity index is 615. The van der Waals surface area contributed by atoms with E-state index in [-0.39, 0.29) is 36.1 Å². The molecule has 2 unspecified atom stereocenters. The van der Waals surface area contributed by atoms with Gasteiger partial charge in [0, 0.05) is 6.04 Å². The Balaban J connectivity index is 0.00000220. The van der Waals surface area contributed by atoms with Crippen molar-refractivity contribution in [1.82, 2.24) is 9.78 Å². The second kappa shape index (κ2) is 7.19. The molecule has 0 spiro atoms. The zero-order valence-corrected chi connectivity index (χ0v) is 12.6. The number of amides is 1. The quantitative estimate of drug-likeness (QED) is 0.910. The van der Waals surface area contributed by atoms with Crippen LogP contribution in [0, 0.1) is 11.7 Å². The van der Waals surface area contributed by atoms with Crippen LogP contribution in [0.1, 0.15) is 13.8 Å². The second-order valence-corrected chi connectivity index (χ2v) is 4.76. The molecule has 0 bridgehead atoms. The molecule has 1 aromatic heterocycles. The smallest absolute Gasteiger partial charge is 0.228 e. The summed E-state index contributed by atoms with van der Waals surface area (Å²) in [6.07, 6.45) is 3.03. The topological polar surface area (TPSA) is 72.9 Å². The van der Waals surface area contributed by atoms with Crippen molar-refractivity contribution in [2.45, 2.75) is 19.9 Å². The van der Waals surface area contributed by atoms with Gasteiger partial charge in [-0.1, -0.05) is 19.1 Å². The first-order valence-corrected chi connectivity index (χ1v) is 6.35. The van der Waals surface area contributed by atoms with Gasteiger partial charge in [0.05, 0.1) is 24.0 Å². The Hall–Kier alpha value is -1.92. The Labute approximate surface area is 128 Å². The third kappa shape index (κ3) is 4.03. The lowest BCUT2D eigenvalue weighted by Crippen LogP contribution is -2.34. The van der Waals surface area contributed by atoms with Crippen LogP contribution in [0.15, 0.2) is 36.7 Å². The van der Waals surface area contributed by atoms with Crippen molar-refractivity contribution in [3.8, 4) is 5.69 Å². The molecule has 5 nitrogen and oxygen atoms in total. The van der Waals surface area contributed by atoms with Crippen LogP contribution in [0.3, 0.4) is 0 Å². The van der Waals surface area contributed by atoms with Gasteiger partial charge in [-0.25, -0.2) is 9.07 Å². The molecule has 0 aliphatic heterocycles. The first-order valence-electron chi connectivity index (χ1n) is 6.35. The number of hydrogen-bond acceptors (Lipinski definition) is 3. The van der Waals surface area contributed by atoms with E-state index in [1.165, 1.54) is 16.9 Å². The summed E-state index contributed by atoms with van der Waals surface area (Å²) in [5, 5.41) is 6.74. The van der Waals surface area contributed by atoms with Crippen LogP contribution >= 0.6 is 12.4 Å². The van der Waals surface area contributed by atoms with Crippen molar-refractivity contribution in [2.75, 3.05) is 5.32 Å². The summed E-state index contributed by atoms with van der Waals surface area (Å²) in [7, 11) is 0. The Morgan fingerprint density at radius 3 is 2.67 bits per heavy atom. The van der Waals surface area contributed by atoms with Crippen LogP contribution in [0.4, 0.5) is 10.1 Å². The van der Waals surface area contributed by atoms with E-state index >= 15 is 0 Å². The molecule has 1 aromatic carbocycles. The predicted octanol–water partition coefficient (Wildman–Crippen LogP) is 2.35. The zero-order valence-electron chi connectivity index (χ0n) is 11.8. The van der Waals surface area contributed by atoms with Crippen LogP contribution in [-0.2, 0) is 4.79 Å². The number of aromatic nitrogens is 2. The van der Waals surface area contributed by atoms with Crippen LogP contribution in [0.5, 0.6) is 0 Å². The molecule has 2 aromatic rings. The molecule has 2 rings (SSSR count). The van der Waals surface area contributed by atoms with Crippen LogP contribution in [0.25, 0.3) is 5.69 Å². The molecule has 21 heavy (non-hydrogen) atoms. The zero-order chi connectivity index (χ0) is 14.7. The van der Waals surface area contributed by atoms with E-state index in [1.807, 2.05) is 0 Å². The van der Waals surface area contributed by atoms with Crippen molar-refractivity contribution in [3.63, 3.8) is 0 Å². The molecule has 114 valence electrons. The van der Waals surface area contributed by atoms with Crippen molar-refractivity contribution >= 4 is 24.0 Å². The highest BCUT2D eigenvalue weighted by atomic mass is 35.5. The highest BCUT2D eigenvalue weighted by Crippen LogP contribution is 2.15.